The van der Waals surface area contributed by atoms with Crippen molar-refractivity contribution in [1.82, 2.24) is 10.6 Å². The van der Waals surface area contributed by atoms with Crippen LogP contribution in [0.25, 0.3) is 0 Å². The molecule has 1 unspecified atom stereocenters. The van der Waals surface area contributed by atoms with E-state index in [0.29, 0.717) is 6.04 Å². The summed E-state index contributed by atoms with van der Waals surface area (Å²) in [5, 5.41) is 7.70. The monoisotopic (exact) mass is 268 g/mol. The molecule has 1 heterocycles. The zero-order valence-electron chi connectivity index (χ0n) is 11.1. The first-order valence-electron chi connectivity index (χ1n) is 6.48. The predicted octanol–water partition coefficient (Wildman–Crippen LogP) is 2.15. The van der Waals surface area contributed by atoms with Crippen LogP contribution in [0.3, 0.4) is 0 Å². The fourth-order valence-electron chi connectivity index (χ4n) is 2.52. The zero-order chi connectivity index (χ0) is 13.0. The molecule has 1 aromatic carbocycles. The molecule has 3 nitrogen and oxygen atoms in total. The van der Waals surface area contributed by atoms with Crippen molar-refractivity contribution in [2.24, 2.45) is 0 Å². The molecule has 1 fully saturated rings. The number of hydrogen-bond acceptors (Lipinski definition) is 3. The summed E-state index contributed by atoms with van der Waals surface area (Å²) in [4.78, 5) is 0. The SMILES string of the molecule is COc1c(C)cc(Cl)cc1CCNC1CCNC1. The van der Waals surface area contributed by atoms with Gasteiger partial charge in [-0.15, -0.1) is 0 Å². The van der Waals surface area contributed by atoms with Crippen LogP contribution in [0.2, 0.25) is 5.02 Å². The maximum atomic E-state index is 6.10. The predicted molar refractivity (Wildman–Crippen MR) is 75.7 cm³/mol. The third-order valence-corrected chi connectivity index (χ3v) is 3.63. The molecule has 1 aromatic rings. The summed E-state index contributed by atoms with van der Waals surface area (Å²) in [5.74, 6) is 0.964. The minimum Gasteiger partial charge on any atom is -0.496 e. The Bertz CT molecular complexity index is 403. The molecular formula is C14H21ClN2O. The third-order valence-electron chi connectivity index (χ3n) is 3.41. The molecule has 0 radical (unpaired) electrons. The number of nitrogens with one attached hydrogen (secondary N) is 2. The summed E-state index contributed by atoms with van der Waals surface area (Å²) in [6.07, 6.45) is 2.16. The average Bonchev–Trinajstić information content (AvgIpc) is 2.81. The fraction of sp³-hybridized carbons (Fsp3) is 0.571. The summed E-state index contributed by atoms with van der Waals surface area (Å²) in [7, 11) is 1.72. The van der Waals surface area contributed by atoms with Crippen molar-refractivity contribution in [3.63, 3.8) is 0 Å². The summed E-state index contributed by atoms with van der Waals surface area (Å²) in [5.41, 5.74) is 2.28. The topological polar surface area (TPSA) is 33.3 Å². The zero-order valence-corrected chi connectivity index (χ0v) is 11.8. The molecule has 0 aliphatic carbocycles. The van der Waals surface area contributed by atoms with Crippen LogP contribution in [0.1, 0.15) is 17.5 Å². The number of methoxy groups -OCH3 is 1. The van der Waals surface area contributed by atoms with Gasteiger partial charge in [0.25, 0.3) is 0 Å². The normalized spacial score (nSPS) is 19.2. The fourth-order valence-corrected chi connectivity index (χ4v) is 2.81. The lowest BCUT2D eigenvalue weighted by Crippen LogP contribution is -2.32. The van der Waals surface area contributed by atoms with Gasteiger partial charge in [-0.1, -0.05) is 11.6 Å². The van der Waals surface area contributed by atoms with Crippen molar-refractivity contribution < 1.29 is 4.74 Å². The Morgan fingerprint density at radius 1 is 1.50 bits per heavy atom. The van der Waals surface area contributed by atoms with Crippen molar-refractivity contribution in [2.75, 3.05) is 26.7 Å². The van der Waals surface area contributed by atoms with Gasteiger partial charge in [0.1, 0.15) is 5.75 Å². The second-order valence-corrected chi connectivity index (χ2v) is 5.25. The molecule has 2 N–H and O–H groups in total. The van der Waals surface area contributed by atoms with Gasteiger partial charge in [-0.2, -0.15) is 0 Å². The number of halogens is 1. The third kappa shape index (κ3) is 3.37. The molecular weight excluding hydrogens is 248 g/mol. The Labute approximate surface area is 114 Å². The molecule has 1 aliphatic rings. The highest BCUT2D eigenvalue weighted by molar-refractivity contribution is 6.30. The van der Waals surface area contributed by atoms with Crippen molar-refractivity contribution in [3.05, 3.63) is 28.3 Å². The Kier molecular flexibility index (Phi) is 4.87. The molecule has 0 aromatic heterocycles. The van der Waals surface area contributed by atoms with Gasteiger partial charge >= 0.3 is 0 Å². The lowest BCUT2D eigenvalue weighted by atomic mass is 10.1. The van der Waals surface area contributed by atoms with E-state index in [9.17, 15) is 0 Å². The molecule has 0 bridgehead atoms. The van der Waals surface area contributed by atoms with Gasteiger partial charge in [0.05, 0.1) is 7.11 Å². The van der Waals surface area contributed by atoms with E-state index in [1.165, 1.54) is 12.0 Å². The lowest BCUT2D eigenvalue weighted by molar-refractivity contribution is 0.405. The first-order chi connectivity index (χ1) is 8.70. The quantitative estimate of drug-likeness (QED) is 0.859. The van der Waals surface area contributed by atoms with Crippen LogP contribution in [0, 0.1) is 6.92 Å². The Balaban J connectivity index is 1.95. The summed E-state index contributed by atoms with van der Waals surface area (Å²) >= 11 is 6.10. The number of hydrogen-bond donors (Lipinski definition) is 2. The van der Waals surface area contributed by atoms with E-state index in [2.05, 4.69) is 10.6 Å². The van der Waals surface area contributed by atoms with Gasteiger partial charge in [-0.05, 0) is 56.1 Å². The molecule has 0 spiro atoms. The van der Waals surface area contributed by atoms with Crippen LogP contribution in [-0.4, -0.2) is 32.8 Å². The molecule has 1 aliphatic heterocycles. The van der Waals surface area contributed by atoms with Gasteiger partial charge in [0, 0.05) is 17.6 Å². The maximum Gasteiger partial charge on any atom is 0.125 e. The first-order valence-corrected chi connectivity index (χ1v) is 6.85. The highest BCUT2D eigenvalue weighted by Gasteiger charge is 2.14. The van der Waals surface area contributed by atoms with Gasteiger partial charge < -0.3 is 15.4 Å². The first kappa shape index (κ1) is 13.7. The maximum absolute atomic E-state index is 6.10. The highest BCUT2D eigenvalue weighted by Crippen LogP contribution is 2.27. The lowest BCUT2D eigenvalue weighted by Gasteiger charge is -2.14. The van der Waals surface area contributed by atoms with E-state index >= 15 is 0 Å². The highest BCUT2D eigenvalue weighted by atomic mass is 35.5. The molecule has 1 saturated heterocycles. The smallest absolute Gasteiger partial charge is 0.125 e. The molecule has 18 heavy (non-hydrogen) atoms. The second kappa shape index (κ2) is 6.41. The van der Waals surface area contributed by atoms with Gasteiger partial charge in [0.2, 0.25) is 0 Å². The number of ether oxygens (including phenoxy) is 1. The van der Waals surface area contributed by atoms with Gasteiger partial charge in [-0.25, -0.2) is 0 Å². The summed E-state index contributed by atoms with van der Waals surface area (Å²) in [6, 6.07) is 4.55. The second-order valence-electron chi connectivity index (χ2n) is 4.81. The van der Waals surface area contributed by atoms with E-state index in [0.717, 1.165) is 42.4 Å². The van der Waals surface area contributed by atoms with Crippen LogP contribution in [0.4, 0.5) is 0 Å². The van der Waals surface area contributed by atoms with Gasteiger partial charge in [0.15, 0.2) is 0 Å². The Morgan fingerprint density at radius 2 is 2.33 bits per heavy atom. The van der Waals surface area contributed by atoms with Crippen molar-refractivity contribution in [1.29, 1.82) is 0 Å². The minimum atomic E-state index is 0.608. The van der Waals surface area contributed by atoms with E-state index in [-0.39, 0.29) is 0 Å². The molecule has 1 atom stereocenters. The number of benzene rings is 1. The van der Waals surface area contributed by atoms with Crippen molar-refractivity contribution in [2.45, 2.75) is 25.8 Å². The molecule has 2 rings (SSSR count). The van der Waals surface area contributed by atoms with Crippen molar-refractivity contribution in [3.8, 4) is 5.75 Å². The largest absolute Gasteiger partial charge is 0.496 e. The van der Waals surface area contributed by atoms with Crippen LogP contribution in [0.15, 0.2) is 12.1 Å². The van der Waals surface area contributed by atoms with Crippen LogP contribution in [0.5, 0.6) is 5.75 Å². The van der Waals surface area contributed by atoms with E-state index < -0.39 is 0 Å². The summed E-state index contributed by atoms with van der Waals surface area (Å²) in [6.45, 7) is 5.19. The van der Waals surface area contributed by atoms with Crippen LogP contribution >= 0.6 is 11.6 Å². The number of aryl methyl sites for hydroxylation is 1. The van der Waals surface area contributed by atoms with E-state index in [1.807, 2.05) is 19.1 Å². The molecule has 100 valence electrons. The minimum absolute atomic E-state index is 0.608. The van der Waals surface area contributed by atoms with E-state index in [4.69, 9.17) is 16.3 Å². The summed E-state index contributed by atoms with van der Waals surface area (Å²) < 4.78 is 5.45. The molecule has 0 amide bonds. The standard InChI is InChI=1S/C14H21ClN2O/c1-10-7-12(15)8-11(14(10)18-2)3-6-17-13-4-5-16-9-13/h7-8,13,16-17H,3-6,9H2,1-2H3. The van der Waals surface area contributed by atoms with E-state index in [1.54, 1.807) is 7.11 Å². The Hall–Kier alpha value is -0.770. The van der Waals surface area contributed by atoms with Gasteiger partial charge in [-0.3, -0.25) is 0 Å². The Morgan fingerprint density at radius 3 is 3.00 bits per heavy atom. The van der Waals surface area contributed by atoms with Crippen LogP contribution in [-0.2, 0) is 6.42 Å². The van der Waals surface area contributed by atoms with Crippen LogP contribution < -0.4 is 15.4 Å². The molecule has 4 heteroatoms. The van der Waals surface area contributed by atoms with Crippen molar-refractivity contribution >= 4 is 11.6 Å². The number of rotatable bonds is 5. The molecule has 0 saturated carbocycles. The average molecular weight is 269 g/mol.